The lowest BCUT2D eigenvalue weighted by Gasteiger charge is -2.28. The van der Waals surface area contributed by atoms with Crippen LogP contribution in [0.1, 0.15) is 21.6 Å². The molecule has 0 fully saturated rings. The first-order valence-electron chi connectivity index (χ1n) is 8.42. The topological polar surface area (TPSA) is 67.6 Å². The van der Waals surface area contributed by atoms with Crippen LogP contribution in [-0.4, -0.2) is 31.7 Å². The summed E-state index contributed by atoms with van der Waals surface area (Å²) in [4.78, 5) is 36.4. The SMILES string of the molecule is O=C(c1ccc2ncsc2c1)N1CCc2nc3ccc(Cl)cn3c(=O)c2C1. The van der Waals surface area contributed by atoms with Crippen molar-refractivity contribution in [1.82, 2.24) is 19.3 Å². The first-order valence-corrected chi connectivity index (χ1v) is 9.68. The minimum atomic E-state index is -0.173. The van der Waals surface area contributed by atoms with E-state index < -0.39 is 0 Å². The Balaban J connectivity index is 1.53. The maximum Gasteiger partial charge on any atom is 0.263 e. The highest BCUT2D eigenvalue weighted by Gasteiger charge is 2.26. The van der Waals surface area contributed by atoms with Gasteiger partial charge in [0.15, 0.2) is 0 Å². The Morgan fingerprint density at radius 3 is 3.00 bits per heavy atom. The largest absolute Gasteiger partial charge is 0.334 e. The zero-order chi connectivity index (χ0) is 18.5. The van der Waals surface area contributed by atoms with Crippen LogP contribution < -0.4 is 5.56 Å². The molecule has 0 spiro atoms. The molecule has 1 amide bonds. The molecule has 1 aromatic carbocycles. The van der Waals surface area contributed by atoms with Crippen LogP contribution >= 0.6 is 22.9 Å². The van der Waals surface area contributed by atoms with Gasteiger partial charge in [0.05, 0.1) is 38.6 Å². The van der Waals surface area contributed by atoms with Gasteiger partial charge < -0.3 is 4.90 Å². The minimum Gasteiger partial charge on any atom is -0.334 e. The monoisotopic (exact) mass is 396 g/mol. The Hall–Kier alpha value is -2.77. The molecule has 1 aliphatic heterocycles. The summed E-state index contributed by atoms with van der Waals surface area (Å²) in [5, 5.41) is 0.466. The lowest BCUT2D eigenvalue weighted by Crippen LogP contribution is -2.40. The molecule has 1 aliphatic rings. The van der Waals surface area contributed by atoms with Crippen molar-refractivity contribution in [3.63, 3.8) is 0 Å². The van der Waals surface area contributed by atoms with Crippen molar-refractivity contribution in [3.8, 4) is 0 Å². The van der Waals surface area contributed by atoms with Crippen LogP contribution in [0.3, 0.4) is 0 Å². The van der Waals surface area contributed by atoms with Gasteiger partial charge in [0.25, 0.3) is 11.5 Å². The molecular formula is C19H13ClN4O2S. The summed E-state index contributed by atoms with van der Waals surface area (Å²) >= 11 is 7.52. The highest BCUT2D eigenvalue weighted by molar-refractivity contribution is 7.16. The number of benzene rings is 1. The molecule has 0 saturated heterocycles. The van der Waals surface area contributed by atoms with Crippen LogP contribution in [0.15, 0.2) is 46.8 Å². The molecule has 0 radical (unpaired) electrons. The fourth-order valence-electron chi connectivity index (χ4n) is 3.42. The van der Waals surface area contributed by atoms with Gasteiger partial charge in [0.2, 0.25) is 0 Å². The van der Waals surface area contributed by atoms with Crippen LogP contribution in [0.25, 0.3) is 15.9 Å². The summed E-state index contributed by atoms with van der Waals surface area (Å²) in [6, 6.07) is 8.93. The lowest BCUT2D eigenvalue weighted by atomic mass is 10.1. The lowest BCUT2D eigenvalue weighted by molar-refractivity contribution is 0.0733. The average Bonchev–Trinajstić information content (AvgIpc) is 3.16. The second-order valence-electron chi connectivity index (χ2n) is 6.43. The summed E-state index contributed by atoms with van der Waals surface area (Å²) in [6.45, 7) is 0.777. The third kappa shape index (κ3) is 2.70. The van der Waals surface area contributed by atoms with Crippen molar-refractivity contribution >= 4 is 44.7 Å². The number of carbonyl (C=O) groups is 1. The third-order valence-electron chi connectivity index (χ3n) is 4.80. The third-order valence-corrected chi connectivity index (χ3v) is 5.81. The highest BCUT2D eigenvalue weighted by Crippen LogP contribution is 2.22. The second-order valence-corrected chi connectivity index (χ2v) is 7.75. The Bertz CT molecular complexity index is 1280. The van der Waals surface area contributed by atoms with Crippen LogP contribution in [0.4, 0.5) is 0 Å². The van der Waals surface area contributed by atoms with Crippen LogP contribution in [-0.2, 0) is 13.0 Å². The number of halogens is 1. The molecule has 134 valence electrons. The summed E-state index contributed by atoms with van der Waals surface area (Å²) in [6.07, 6.45) is 2.11. The molecule has 5 rings (SSSR count). The number of hydrogen-bond acceptors (Lipinski definition) is 5. The van der Waals surface area contributed by atoms with E-state index in [1.54, 1.807) is 34.8 Å². The Morgan fingerprint density at radius 2 is 2.11 bits per heavy atom. The van der Waals surface area contributed by atoms with Gasteiger partial charge in [-0.15, -0.1) is 11.3 Å². The standard InChI is InChI=1S/C19H13ClN4O2S/c20-12-2-4-17-22-14-5-6-23(9-13(14)19(26)24(17)8-12)18(25)11-1-3-15-16(7-11)27-10-21-15/h1-4,7-8,10H,5-6,9H2. The van der Waals surface area contributed by atoms with E-state index in [9.17, 15) is 9.59 Å². The van der Waals surface area contributed by atoms with Crippen molar-refractivity contribution < 1.29 is 4.79 Å². The number of amides is 1. The Labute approximate surface area is 162 Å². The number of fused-ring (bicyclic) bond motifs is 3. The highest BCUT2D eigenvalue weighted by atomic mass is 35.5. The predicted octanol–water partition coefficient (Wildman–Crippen LogP) is 3.16. The van der Waals surface area contributed by atoms with E-state index in [4.69, 9.17) is 11.6 Å². The fourth-order valence-corrected chi connectivity index (χ4v) is 4.29. The first kappa shape index (κ1) is 16.4. The van der Waals surface area contributed by atoms with Gasteiger partial charge in [-0.3, -0.25) is 14.0 Å². The van der Waals surface area contributed by atoms with Gasteiger partial charge in [0, 0.05) is 24.7 Å². The number of thiazole rings is 1. The molecule has 27 heavy (non-hydrogen) atoms. The van der Waals surface area contributed by atoms with E-state index >= 15 is 0 Å². The molecule has 0 bridgehead atoms. The zero-order valence-electron chi connectivity index (χ0n) is 14.1. The number of nitrogens with zero attached hydrogens (tertiary/aromatic N) is 4. The van der Waals surface area contributed by atoms with Gasteiger partial charge >= 0.3 is 0 Å². The number of rotatable bonds is 1. The van der Waals surface area contributed by atoms with E-state index in [1.165, 1.54) is 15.7 Å². The van der Waals surface area contributed by atoms with E-state index in [-0.39, 0.29) is 18.0 Å². The van der Waals surface area contributed by atoms with E-state index in [0.29, 0.717) is 34.8 Å². The Kier molecular flexibility index (Phi) is 3.73. The molecule has 8 heteroatoms. The number of carbonyl (C=O) groups excluding carboxylic acids is 1. The number of hydrogen-bond donors (Lipinski definition) is 0. The fraction of sp³-hybridized carbons (Fsp3) is 0.158. The molecule has 3 aromatic heterocycles. The van der Waals surface area contributed by atoms with Gasteiger partial charge in [-0.2, -0.15) is 0 Å². The quantitative estimate of drug-likeness (QED) is 0.495. The van der Waals surface area contributed by atoms with Crippen molar-refractivity contribution in [2.75, 3.05) is 6.54 Å². The minimum absolute atomic E-state index is 0.0912. The van der Waals surface area contributed by atoms with Gasteiger partial charge in [-0.05, 0) is 30.3 Å². The van der Waals surface area contributed by atoms with Crippen molar-refractivity contribution in [2.24, 2.45) is 0 Å². The van der Waals surface area contributed by atoms with E-state index in [0.717, 1.165) is 15.9 Å². The maximum atomic E-state index is 13.0. The molecule has 0 N–H and O–H groups in total. The summed E-state index contributed by atoms with van der Waals surface area (Å²) in [5.41, 5.74) is 4.95. The molecule has 0 atom stereocenters. The molecule has 0 aliphatic carbocycles. The summed E-state index contributed by atoms with van der Waals surface area (Å²) < 4.78 is 2.42. The number of pyridine rings is 1. The van der Waals surface area contributed by atoms with Crippen LogP contribution in [0.2, 0.25) is 5.02 Å². The van der Waals surface area contributed by atoms with Crippen LogP contribution in [0.5, 0.6) is 0 Å². The van der Waals surface area contributed by atoms with Gasteiger partial charge in [0.1, 0.15) is 5.65 Å². The molecule has 4 heterocycles. The first-order chi connectivity index (χ1) is 13.1. The van der Waals surface area contributed by atoms with Crippen LogP contribution in [0, 0.1) is 0 Å². The predicted molar refractivity (Wildman–Crippen MR) is 105 cm³/mol. The number of aromatic nitrogens is 3. The van der Waals surface area contributed by atoms with Crippen molar-refractivity contribution in [3.05, 3.63) is 74.2 Å². The zero-order valence-corrected chi connectivity index (χ0v) is 15.6. The summed E-state index contributed by atoms with van der Waals surface area (Å²) in [5.74, 6) is -0.0912. The molecule has 4 aromatic rings. The molecular weight excluding hydrogens is 384 g/mol. The second kappa shape index (κ2) is 6.14. The molecule has 0 saturated carbocycles. The molecule has 0 unspecified atom stereocenters. The van der Waals surface area contributed by atoms with Gasteiger partial charge in [-0.25, -0.2) is 9.97 Å². The van der Waals surface area contributed by atoms with Crippen molar-refractivity contribution in [2.45, 2.75) is 13.0 Å². The molecule has 6 nitrogen and oxygen atoms in total. The van der Waals surface area contributed by atoms with E-state index in [1.807, 2.05) is 12.1 Å². The Morgan fingerprint density at radius 1 is 1.22 bits per heavy atom. The van der Waals surface area contributed by atoms with Gasteiger partial charge in [-0.1, -0.05) is 11.6 Å². The summed E-state index contributed by atoms with van der Waals surface area (Å²) in [7, 11) is 0. The average molecular weight is 397 g/mol. The maximum absolute atomic E-state index is 13.0. The van der Waals surface area contributed by atoms with Crippen molar-refractivity contribution in [1.29, 1.82) is 0 Å². The van der Waals surface area contributed by atoms with E-state index in [2.05, 4.69) is 9.97 Å². The normalized spacial score (nSPS) is 13.9. The smallest absolute Gasteiger partial charge is 0.263 e.